The summed E-state index contributed by atoms with van der Waals surface area (Å²) in [5.74, 6) is 0. The van der Waals surface area contributed by atoms with Gasteiger partial charge in [-0.3, -0.25) is 0 Å². The topological polar surface area (TPSA) is 45.0 Å². The minimum atomic E-state index is 0.477. The fraction of sp³-hybridized carbons (Fsp3) is 0.462. The van der Waals surface area contributed by atoms with Crippen LogP contribution in [0.3, 0.4) is 0 Å². The van der Waals surface area contributed by atoms with Gasteiger partial charge in [-0.15, -0.1) is 0 Å². The zero-order chi connectivity index (χ0) is 11.6. The Morgan fingerprint density at radius 1 is 1.31 bits per heavy atom. The van der Waals surface area contributed by atoms with Gasteiger partial charge in [-0.1, -0.05) is 12.1 Å². The first-order valence-corrected chi connectivity index (χ1v) is 5.64. The Morgan fingerprint density at radius 3 is 2.69 bits per heavy atom. The van der Waals surface area contributed by atoms with Gasteiger partial charge in [-0.05, 0) is 31.0 Å². The van der Waals surface area contributed by atoms with Gasteiger partial charge in [0.05, 0.1) is 12.5 Å². The third kappa shape index (κ3) is 4.81. The summed E-state index contributed by atoms with van der Waals surface area (Å²) in [5.41, 5.74) is 2.15. The van der Waals surface area contributed by atoms with Crippen molar-refractivity contribution >= 4 is 5.69 Å². The standard InChI is InChI=1S/C13H18N2O/c1-2-16-11-3-10-15-13-6-4-12(5-7-13)8-9-14/h4-7,15H,2-3,8,10-11H2,1H3. The number of nitriles is 1. The van der Waals surface area contributed by atoms with Crippen LogP contribution in [0.15, 0.2) is 24.3 Å². The quantitative estimate of drug-likeness (QED) is 0.715. The van der Waals surface area contributed by atoms with Crippen molar-refractivity contribution in [2.75, 3.05) is 25.1 Å². The average Bonchev–Trinajstić information content (AvgIpc) is 2.31. The number of hydrogen-bond donors (Lipinski definition) is 1. The molecule has 0 atom stereocenters. The Hall–Kier alpha value is -1.53. The van der Waals surface area contributed by atoms with Crippen molar-refractivity contribution in [3.63, 3.8) is 0 Å². The van der Waals surface area contributed by atoms with E-state index in [1.54, 1.807) is 0 Å². The van der Waals surface area contributed by atoms with Crippen LogP contribution in [0.4, 0.5) is 5.69 Å². The van der Waals surface area contributed by atoms with Crippen LogP contribution >= 0.6 is 0 Å². The maximum Gasteiger partial charge on any atom is 0.0669 e. The molecule has 0 spiro atoms. The highest BCUT2D eigenvalue weighted by Crippen LogP contribution is 2.09. The van der Waals surface area contributed by atoms with E-state index in [4.69, 9.17) is 10.00 Å². The summed E-state index contributed by atoms with van der Waals surface area (Å²) >= 11 is 0. The van der Waals surface area contributed by atoms with E-state index in [0.29, 0.717) is 6.42 Å². The molecule has 0 amide bonds. The molecule has 3 nitrogen and oxygen atoms in total. The molecule has 16 heavy (non-hydrogen) atoms. The van der Waals surface area contributed by atoms with Gasteiger partial charge in [0.2, 0.25) is 0 Å². The molecule has 86 valence electrons. The van der Waals surface area contributed by atoms with Gasteiger partial charge in [0.15, 0.2) is 0 Å². The zero-order valence-corrected chi connectivity index (χ0v) is 9.70. The van der Waals surface area contributed by atoms with Crippen LogP contribution in [0.2, 0.25) is 0 Å². The van der Waals surface area contributed by atoms with Crippen LogP contribution in [0.25, 0.3) is 0 Å². The second-order valence-corrected chi connectivity index (χ2v) is 3.51. The SMILES string of the molecule is CCOCCCNc1ccc(CC#N)cc1. The lowest BCUT2D eigenvalue weighted by Crippen LogP contribution is -2.05. The minimum Gasteiger partial charge on any atom is -0.385 e. The van der Waals surface area contributed by atoms with E-state index in [-0.39, 0.29) is 0 Å². The number of rotatable bonds is 7. The van der Waals surface area contributed by atoms with Crippen LogP contribution in [-0.4, -0.2) is 19.8 Å². The van der Waals surface area contributed by atoms with Gasteiger partial charge in [0.1, 0.15) is 0 Å². The molecule has 0 aliphatic rings. The molecule has 0 fully saturated rings. The fourth-order valence-corrected chi connectivity index (χ4v) is 1.38. The number of hydrogen-bond acceptors (Lipinski definition) is 3. The smallest absolute Gasteiger partial charge is 0.0669 e. The summed E-state index contributed by atoms with van der Waals surface area (Å²) in [7, 11) is 0. The number of nitrogens with one attached hydrogen (secondary N) is 1. The van der Waals surface area contributed by atoms with Crippen LogP contribution in [0, 0.1) is 11.3 Å². The van der Waals surface area contributed by atoms with Gasteiger partial charge in [0.25, 0.3) is 0 Å². The predicted octanol–water partition coefficient (Wildman–Crippen LogP) is 2.59. The van der Waals surface area contributed by atoms with E-state index in [0.717, 1.165) is 37.4 Å². The molecule has 0 saturated carbocycles. The number of ether oxygens (including phenoxy) is 1. The summed E-state index contributed by atoms with van der Waals surface area (Å²) in [5, 5.41) is 11.8. The summed E-state index contributed by atoms with van der Waals surface area (Å²) in [6.07, 6.45) is 1.48. The lowest BCUT2D eigenvalue weighted by Gasteiger charge is -2.06. The van der Waals surface area contributed by atoms with Crippen LogP contribution in [0.1, 0.15) is 18.9 Å². The first kappa shape index (κ1) is 12.5. The van der Waals surface area contributed by atoms with Crippen LogP contribution in [0.5, 0.6) is 0 Å². The van der Waals surface area contributed by atoms with Gasteiger partial charge < -0.3 is 10.1 Å². The van der Waals surface area contributed by atoms with Crippen molar-refractivity contribution in [1.29, 1.82) is 5.26 Å². The maximum absolute atomic E-state index is 8.53. The van der Waals surface area contributed by atoms with E-state index < -0.39 is 0 Å². The van der Waals surface area contributed by atoms with Crippen molar-refractivity contribution in [3.05, 3.63) is 29.8 Å². The molecular weight excluding hydrogens is 200 g/mol. The van der Waals surface area contributed by atoms with Gasteiger partial charge >= 0.3 is 0 Å². The molecule has 3 heteroatoms. The largest absolute Gasteiger partial charge is 0.385 e. The van der Waals surface area contributed by atoms with Crippen molar-refractivity contribution in [3.8, 4) is 6.07 Å². The summed E-state index contributed by atoms with van der Waals surface area (Å²) in [6.45, 7) is 4.50. The van der Waals surface area contributed by atoms with E-state index >= 15 is 0 Å². The molecule has 0 heterocycles. The average molecular weight is 218 g/mol. The lowest BCUT2D eigenvalue weighted by molar-refractivity contribution is 0.147. The molecule has 0 saturated heterocycles. The van der Waals surface area contributed by atoms with E-state index in [2.05, 4.69) is 11.4 Å². The van der Waals surface area contributed by atoms with E-state index in [9.17, 15) is 0 Å². The maximum atomic E-state index is 8.53. The first-order chi connectivity index (χ1) is 7.86. The molecule has 0 bridgehead atoms. The van der Waals surface area contributed by atoms with Crippen LogP contribution < -0.4 is 5.32 Å². The first-order valence-electron chi connectivity index (χ1n) is 5.64. The fourth-order valence-electron chi connectivity index (χ4n) is 1.38. The Kier molecular flexibility index (Phi) is 6.05. The van der Waals surface area contributed by atoms with Gasteiger partial charge in [0, 0.05) is 25.4 Å². The highest BCUT2D eigenvalue weighted by Gasteiger charge is 1.93. The summed E-state index contributed by atoms with van der Waals surface area (Å²) < 4.78 is 5.25. The summed E-state index contributed by atoms with van der Waals surface area (Å²) in [6, 6.07) is 10.1. The minimum absolute atomic E-state index is 0.477. The molecule has 0 unspecified atom stereocenters. The third-order valence-corrected chi connectivity index (χ3v) is 2.24. The molecule has 1 aromatic carbocycles. The van der Waals surface area contributed by atoms with E-state index in [1.165, 1.54) is 0 Å². The molecule has 1 N–H and O–H groups in total. The molecule has 0 aromatic heterocycles. The highest BCUT2D eigenvalue weighted by molar-refractivity contribution is 5.44. The van der Waals surface area contributed by atoms with Gasteiger partial charge in [-0.25, -0.2) is 0 Å². The highest BCUT2D eigenvalue weighted by atomic mass is 16.5. The molecule has 0 aliphatic carbocycles. The number of benzene rings is 1. The monoisotopic (exact) mass is 218 g/mol. The van der Waals surface area contributed by atoms with Crippen molar-refractivity contribution in [2.45, 2.75) is 19.8 Å². The van der Waals surface area contributed by atoms with Crippen molar-refractivity contribution in [2.24, 2.45) is 0 Å². The van der Waals surface area contributed by atoms with Crippen molar-refractivity contribution in [1.82, 2.24) is 0 Å². The summed E-state index contributed by atoms with van der Waals surface area (Å²) in [4.78, 5) is 0. The molecule has 0 radical (unpaired) electrons. The molecule has 0 aliphatic heterocycles. The molecule has 1 rings (SSSR count). The Bertz CT molecular complexity index is 327. The Balaban J connectivity index is 2.24. The second kappa shape index (κ2) is 7.72. The van der Waals surface area contributed by atoms with Crippen LogP contribution in [-0.2, 0) is 11.2 Å². The Labute approximate surface area is 97.0 Å². The lowest BCUT2D eigenvalue weighted by atomic mass is 10.1. The van der Waals surface area contributed by atoms with Gasteiger partial charge in [-0.2, -0.15) is 5.26 Å². The van der Waals surface area contributed by atoms with Crippen molar-refractivity contribution < 1.29 is 4.74 Å². The zero-order valence-electron chi connectivity index (χ0n) is 9.70. The molecule has 1 aromatic rings. The Morgan fingerprint density at radius 2 is 2.06 bits per heavy atom. The molecular formula is C13H18N2O. The number of anilines is 1. The second-order valence-electron chi connectivity index (χ2n) is 3.51. The third-order valence-electron chi connectivity index (χ3n) is 2.24. The predicted molar refractivity (Wildman–Crippen MR) is 65.4 cm³/mol. The number of nitrogens with zero attached hydrogens (tertiary/aromatic N) is 1. The van der Waals surface area contributed by atoms with E-state index in [1.807, 2.05) is 31.2 Å². The normalized spacial score (nSPS) is 9.75.